The number of carbonyl (C=O) groups is 2. The van der Waals surface area contributed by atoms with Crippen LogP contribution in [0.2, 0.25) is 0 Å². The van der Waals surface area contributed by atoms with Gasteiger partial charge < -0.3 is 4.42 Å². The first kappa shape index (κ1) is 15.5. The van der Waals surface area contributed by atoms with Crippen LogP contribution in [-0.4, -0.2) is 16.8 Å². The Labute approximate surface area is 154 Å². The topological polar surface area (TPSA) is 63.4 Å². The number of nitrogens with zero attached hydrogens (tertiary/aromatic N) is 2. The van der Waals surface area contributed by atoms with Gasteiger partial charge in [-0.05, 0) is 55.0 Å². The van der Waals surface area contributed by atoms with Gasteiger partial charge in [-0.25, -0.2) is 9.88 Å². The number of hydrogen-bond donors (Lipinski definition) is 0. The van der Waals surface area contributed by atoms with Crippen molar-refractivity contribution in [2.75, 3.05) is 4.90 Å². The molecule has 1 aromatic heterocycles. The number of oxazole rings is 1. The van der Waals surface area contributed by atoms with Gasteiger partial charge in [0.05, 0.1) is 16.8 Å². The average molecular weight is 354 g/mol. The Morgan fingerprint density at radius 2 is 1.59 bits per heavy atom. The zero-order valence-electron chi connectivity index (χ0n) is 14.5. The fourth-order valence-electron chi connectivity index (χ4n) is 3.36. The SMILES string of the molecule is Cc1ccc2nc(-c3cccc(N4C(=O)c5ccccc5C4=O)c3)oc2c1. The molecular formula is C22H14N2O3. The number of aromatic nitrogens is 1. The van der Waals surface area contributed by atoms with Crippen LogP contribution in [0.1, 0.15) is 26.3 Å². The average Bonchev–Trinajstić information content (AvgIpc) is 3.21. The molecule has 1 aliphatic rings. The van der Waals surface area contributed by atoms with Gasteiger partial charge >= 0.3 is 0 Å². The summed E-state index contributed by atoms with van der Waals surface area (Å²) in [5.41, 5.74) is 4.60. The first-order valence-corrected chi connectivity index (χ1v) is 8.57. The third kappa shape index (κ3) is 2.36. The highest BCUT2D eigenvalue weighted by atomic mass is 16.3. The Bertz CT molecular complexity index is 1200. The minimum Gasteiger partial charge on any atom is -0.436 e. The molecule has 0 unspecified atom stereocenters. The molecule has 3 aromatic carbocycles. The van der Waals surface area contributed by atoms with Crippen molar-refractivity contribution >= 4 is 28.6 Å². The second-order valence-electron chi connectivity index (χ2n) is 6.53. The van der Waals surface area contributed by atoms with Crippen LogP contribution in [0.15, 0.2) is 71.1 Å². The van der Waals surface area contributed by atoms with E-state index >= 15 is 0 Å². The predicted octanol–water partition coefficient (Wildman–Crippen LogP) is 4.60. The van der Waals surface area contributed by atoms with E-state index in [4.69, 9.17) is 4.42 Å². The number of aryl methyl sites for hydroxylation is 1. The summed E-state index contributed by atoms with van der Waals surface area (Å²) < 4.78 is 5.87. The molecular weight excluding hydrogens is 340 g/mol. The lowest BCUT2D eigenvalue weighted by atomic mass is 10.1. The summed E-state index contributed by atoms with van der Waals surface area (Å²) in [4.78, 5) is 31.1. The lowest BCUT2D eigenvalue weighted by Crippen LogP contribution is -2.29. The van der Waals surface area contributed by atoms with Crippen molar-refractivity contribution in [3.63, 3.8) is 0 Å². The van der Waals surface area contributed by atoms with E-state index in [1.807, 2.05) is 31.2 Å². The zero-order valence-corrected chi connectivity index (χ0v) is 14.5. The normalized spacial score (nSPS) is 13.4. The number of anilines is 1. The van der Waals surface area contributed by atoms with Crippen LogP contribution in [-0.2, 0) is 0 Å². The molecule has 0 fully saturated rings. The van der Waals surface area contributed by atoms with Gasteiger partial charge in [-0.2, -0.15) is 0 Å². The maximum absolute atomic E-state index is 12.7. The molecule has 0 N–H and O–H groups in total. The molecule has 5 nitrogen and oxygen atoms in total. The highest BCUT2D eigenvalue weighted by Gasteiger charge is 2.36. The number of rotatable bonds is 2. The van der Waals surface area contributed by atoms with E-state index in [9.17, 15) is 9.59 Å². The molecule has 2 heterocycles. The molecule has 0 saturated carbocycles. The molecule has 0 saturated heterocycles. The maximum atomic E-state index is 12.7. The van der Waals surface area contributed by atoms with Crippen molar-refractivity contribution in [3.8, 4) is 11.5 Å². The largest absolute Gasteiger partial charge is 0.436 e. The van der Waals surface area contributed by atoms with Crippen LogP contribution in [0.4, 0.5) is 5.69 Å². The van der Waals surface area contributed by atoms with E-state index in [2.05, 4.69) is 4.98 Å². The molecule has 1 aliphatic heterocycles. The van der Waals surface area contributed by atoms with Crippen molar-refractivity contribution in [1.29, 1.82) is 0 Å². The molecule has 2 amide bonds. The summed E-state index contributed by atoms with van der Waals surface area (Å²) >= 11 is 0. The Morgan fingerprint density at radius 1 is 0.852 bits per heavy atom. The monoisotopic (exact) mass is 354 g/mol. The first-order chi connectivity index (χ1) is 13.1. The molecule has 4 aromatic rings. The Balaban J connectivity index is 1.58. The van der Waals surface area contributed by atoms with Crippen LogP contribution in [0.25, 0.3) is 22.6 Å². The van der Waals surface area contributed by atoms with Gasteiger partial charge in [-0.1, -0.05) is 24.3 Å². The van der Waals surface area contributed by atoms with Crippen LogP contribution in [0, 0.1) is 6.92 Å². The lowest BCUT2D eigenvalue weighted by molar-refractivity contribution is 0.0926. The third-order valence-electron chi connectivity index (χ3n) is 4.69. The number of amides is 2. The molecule has 27 heavy (non-hydrogen) atoms. The molecule has 5 heteroatoms. The van der Waals surface area contributed by atoms with E-state index in [1.165, 1.54) is 4.90 Å². The van der Waals surface area contributed by atoms with E-state index < -0.39 is 0 Å². The third-order valence-corrected chi connectivity index (χ3v) is 4.69. The maximum Gasteiger partial charge on any atom is 0.266 e. The summed E-state index contributed by atoms with van der Waals surface area (Å²) in [5.74, 6) is -0.184. The van der Waals surface area contributed by atoms with Gasteiger partial charge in [0.25, 0.3) is 11.8 Å². The van der Waals surface area contributed by atoms with E-state index in [0.717, 1.165) is 11.1 Å². The van der Waals surface area contributed by atoms with Crippen molar-refractivity contribution in [2.45, 2.75) is 6.92 Å². The van der Waals surface area contributed by atoms with Crippen molar-refractivity contribution in [1.82, 2.24) is 4.98 Å². The molecule has 0 atom stereocenters. The summed E-state index contributed by atoms with van der Waals surface area (Å²) in [5, 5.41) is 0. The molecule has 0 aliphatic carbocycles. The standard InChI is InChI=1S/C22H14N2O3/c1-13-9-10-18-19(11-13)27-20(23-18)14-5-4-6-15(12-14)24-21(25)16-7-2-3-8-17(16)22(24)26/h2-12H,1H3. The van der Waals surface area contributed by atoms with E-state index in [-0.39, 0.29) is 11.8 Å². The van der Waals surface area contributed by atoms with E-state index in [0.29, 0.717) is 33.9 Å². The van der Waals surface area contributed by atoms with Gasteiger partial charge in [0, 0.05) is 5.56 Å². The number of fused-ring (bicyclic) bond motifs is 2. The smallest absolute Gasteiger partial charge is 0.266 e. The summed E-state index contributed by atoms with van der Waals surface area (Å²) in [6.07, 6.45) is 0. The Morgan fingerprint density at radius 3 is 2.33 bits per heavy atom. The van der Waals surface area contributed by atoms with Crippen LogP contribution in [0.5, 0.6) is 0 Å². The Kier molecular flexibility index (Phi) is 3.24. The summed E-state index contributed by atoms with van der Waals surface area (Å²) in [6.45, 7) is 1.99. The van der Waals surface area contributed by atoms with Crippen LogP contribution in [0.3, 0.4) is 0 Å². The minimum absolute atomic E-state index is 0.319. The predicted molar refractivity (Wildman–Crippen MR) is 102 cm³/mol. The van der Waals surface area contributed by atoms with Crippen molar-refractivity contribution < 1.29 is 14.0 Å². The van der Waals surface area contributed by atoms with Crippen molar-refractivity contribution in [3.05, 3.63) is 83.4 Å². The minimum atomic E-state index is -0.319. The number of hydrogen-bond acceptors (Lipinski definition) is 4. The van der Waals surface area contributed by atoms with Gasteiger partial charge in [-0.3, -0.25) is 9.59 Å². The number of carbonyl (C=O) groups excluding carboxylic acids is 2. The highest BCUT2D eigenvalue weighted by molar-refractivity contribution is 6.34. The van der Waals surface area contributed by atoms with Crippen molar-refractivity contribution in [2.24, 2.45) is 0 Å². The van der Waals surface area contributed by atoms with Crippen LogP contribution < -0.4 is 4.90 Å². The van der Waals surface area contributed by atoms with Gasteiger partial charge in [0.2, 0.25) is 5.89 Å². The van der Waals surface area contributed by atoms with E-state index in [1.54, 1.807) is 42.5 Å². The van der Waals surface area contributed by atoms with Gasteiger partial charge in [-0.15, -0.1) is 0 Å². The summed E-state index contributed by atoms with van der Waals surface area (Å²) in [6, 6.07) is 19.8. The quantitative estimate of drug-likeness (QED) is 0.493. The molecule has 0 spiro atoms. The zero-order chi connectivity index (χ0) is 18.5. The van der Waals surface area contributed by atoms with Gasteiger partial charge in [0.1, 0.15) is 5.52 Å². The first-order valence-electron chi connectivity index (χ1n) is 8.57. The molecule has 5 rings (SSSR count). The molecule has 0 bridgehead atoms. The van der Waals surface area contributed by atoms with Gasteiger partial charge in [0.15, 0.2) is 5.58 Å². The fraction of sp³-hybridized carbons (Fsp3) is 0.0455. The van der Waals surface area contributed by atoms with Crippen LogP contribution >= 0.6 is 0 Å². The number of imide groups is 1. The fourth-order valence-corrected chi connectivity index (χ4v) is 3.36. The summed E-state index contributed by atoms with van der Waals surface area (Å²) in [7, 11) is 0. The molecule has 130 valence electrons. The Hall–Kier alpha value is -3.73. The molecule has 0 radical (unpaired) electrons. The highest BCUT2D eigenvalue weighted by Crippen LogP contribution is 2.32. The second kappa shape index (κ2) is 5.64. The lowest BCUT2D eigenvalue weighted by Gasteiger charge is -2.14. The second-order valence-corrected chi connectivity index (χ2v) is 6.53. The number of benzene rings is 3.